The van der Waals surface area contributed by atoms with Crippen LogP contribution in [0.25, 0.3) is 11.0 Å². The molecule has 0 bridgehead atoms. The Morgan fingerprint density at radius 2 is 1.93 bits per heavy atom. The molecule has 0 saturated heterocycles. The van der Waals surface area contributed by atoms with E-state index >= 15 is 0 Å². The average Bonchev–Trinajstić information content (AvgIpc) is 3.13. The Kier molecular flexibility index (Phi) is 6.21. The van der Waals surface area contributed by atoms with Gasteiger partial charge in [0.25, 0.3) is 5.91 Å². The van der Waals surface area contributed by atoms with Crippen molar-refractivity contribution in [3.63, 3.8) is 0 Å². The number of amides is 1. The molecule has 8 heteroatoms. The first kappa shape index (κ1) is 19.3. The zero-order valence-electron chi connectivity index (χ0n) is 15.8. The Morgan fingerprint density at radius 3 is 2.64 bits per heavy atom. The summed E-state index contributed by atoms with van der Waals surface area (Å²) in [4.78, 5) is 30.4. The van der Waals surface area contributed by atoms with Gasteiger partial charge in [0.2, 0.25) is 0 Å². The number of aryl methyl sites for hydroxylation is 1. The highest BCUT2D eigenvalue weighted by molar-refractivity contribution is 5.93. The zero-order chi connectivity index (χ0) is 19.9. The Balaban J connectivity index is 1.60. The molecule has 146 valence electrons. The summed E-state index contributed by atoms with van der Waals surface area (Å²) < 4.78 is 4.70. The molecule has 8 nitrogen and oxygen atoms in total. The first-order valence-corrected chi connectivity index (χ1v) is 9.06. The van der Waals surface area contributed by atoms with Crippen LogP contribution in [0.1, 0.15) is 35.7 Å². The molecule has 1 N–H and O–H groups in total. The van der Waals surface area contributed by atoms with Crippen LogP contribution in [0.3, 0.4) is 0 Å². The van der Waals surface area contributed by atoms with E-state index in [1.807, 2.05) is 24.3 Å². The van der Waals surface area contributed by atoms with Gasteiger partial charge in [0.15, 0.2) is 6.61 Å². The standard InChI is InChI=1S/C20H22N4O4/c1-3-4-5-14-6-9-16(10-7-14)21-19(25)13-28-24-18-12-15(20(26)27-2)8-11-17(18)22-23-24/h6-12H,3-5,13H2,1-2H3,(H,21,25). The van der Waals surface area contributed by atoms with Gasteiger partial charge in [-0.1, -0.05) is 30.3 Å². The number of fused-ring (bicyclic) bond motifs is 1. The van der Waals surface area contributed by atoms with Gasteiger partial charge >= 0.3 is 5.97 Å². The Morgan fingerprint density at radius 1 is 1.14 bits per heavy atom. The number of hydrogen-bond donors (Lipinski definition) is 1. The minimum Gasteiger partial charge on any atom is -0.465 e. The van der Waals surface area contributed by atoms with Gasteiger partial charge in [0, 0.05) is 5.69 Å². The van der Waals surface area contributed by atoms with Crippen molar-refractivity contribution in [3.05, 3.63) is 53.6 Å². The lowest BCUT2D eigenvalue weighted by atomic mass is 10.1. The maximum atomic E-state index is 12.2. The molecule has 0 radical (unpaired) electrons. The van der Waals surface area contributed by atoms with Crippen LogP contribution in [-0.4, -0.2) is 40.8 Å². The fourth-order valence-corrected chi connectivity index (χ4v) is 2.69. The number of methoxy groups -OCH3 is 1. The SMILES string of the molecule is CCCCc1ccc(NC(=O)COn2nnc3ccc(C(=O)OC)cc32)cc1. The number of nitrogens with one attached hydrogen (secondary N) is 1. The smallest absolute Gasteiger partial charge is 0.337 e. The molecule has 0 spiro atoms. The van der Waals surface area contributed by atoms with Crippen molar-refractivity contribution >= 4 is 28.6 Å². The van der Waals surface area contributed by atoms with Gasteiger partial charge in [-0.25, -0.2) is 4.79 Å². The van der Waals surface area contributed by atoms with Gasteiger partial charge in [-0.3, -0.25) is 4.79 Å². The van der Waals surface area contributed by atoms with Crippen LogP contribution in [0.4, 0.5) is 5.69 Å². The van der Waals surface area contributed by atoms with E-state index in [0.29, 0.717) is 22.3 Å². The van der Waals surface area contributed by atoms with Crippen LogP contribution >= 0.6 is 0 Å². The normalized spacial score (nSPS) is 10.6. The van der Waals surface area contributed by atoms with Gasteiger partial charge in [-0.05, 0) is 54.0 Å². The van der Waals surface area contributed by atoms with Crippen molar-refractivity contribution in [3.8, 4) is 0 Å². The number of unbranched alkanes of at least 4 members (excludes halogenated alkanes) is 1. The number of hydrogen-bond acceptors (Lipinski definition) is 6. The lowest BCUT2D eigenvalue weighted by molar-refractivity contribution is -0.121. The van der Waals surface area contributed by atoms with Gasteiger partial charge in [0.1, 0.15) is 11.0 Å². The molecule has 0 saturated carbocycles. The molecule has 3 aromatic rings. The van der Waals surface area contributed by atoms with E-state index in [2.05, 4.69) is 22.6 Å². The van der Waals surface area contributed by atoms with E-state index in [-0.39, 0.29) is 12.5 Å². The van der Waals surface area contributed by atoms with Crippen LogP contribution in [0.5, 0.6) is 0 Å². The Labute approximate surface area is 162 Å². The quantitative estimate of drug-likeness (QED) is 0.602. The minimum atomic E-state index is -0.477. The third kappa shape index (κ3) is 4.64. The molecule has 0 unspecified atom stereocenters. The third-order valence-corrected chi connectivity index (χ3v) is 4.21. The molecule has 0 aliphatic carbocycles. The maximum absolute atomic E-state index is 12.2. The first-order chi connectivity index (χ1) is 13.6. The van der Waals surface area contributed by atoms with Crippen molar-refractivity contribution in [2.45, 2.75) is 26.2 Å². The van der Waals surface area contributed by atoms with Gasteiger partial charge in [0.05, 0.1) is 12.7 Å². The number of rotatable bonds is 8. The summed E-state index contributed by atoms with van der Waals surface area (Å²) in [5.74, 6) is -0.802. The molecule has 2 aromatic carbocycles. The summed E-state index contributed by atoms with van der Waals surface area (Å²) in [6.07, 6.45) is 3.32. The minimum absolute atomic E-state index is 0.251. The maximum Gasteiger partial charge on any atom is 0.337 e. The monoisotopic (exact) mass is 382 g/mol. The number of benzene rings is 2. The third-order valence-electron chi connectivity index (χ3n) is 4.21. The number of aromatic nitrogens is 3. The highest BCUT2D eigenvalue weighted by Crippen LogP contribution is 2.14. The van der Waals surface area contributed by atoms with Crippen molar-refractivity contribution in [2.75, 3.05) is 19.0 Å². The molecule has 0 aliphatic heterocycles. The predicted molar refractivity (Wildman–Crippen MR) is 104 cm³/mol. The van der Waals surface area contributed by atoms with Crippen molar-refractivity contribution in [2.24, 2.45) is 0 Å². The van der Waals surface area contributed by atoms with Gasteiger partial charge < -0.3 is 14.9 Å². The van der Waals surface area contributed by atoms with E-state index in [1.54, 1.807) is 18.2 Å². The molecule has 1 amide bonds. The van der Waals surface area contributed by atoms with Crippen molar-refractivity contribution < 1.29 is 19.2 Å². The highest BCUT2D eigenvalue weighted by atomic mass is 16.7. The summed E-state index contributed by atoms with van der Waals surface area (Å²) in [5, 5.41) is 10.6. The van der Waals surface area contributed by atoms with E-state index in [0.717, 1.165) is 24.1 Å². The number of nitrogens with zero attached hydrogens (tertiary/aromatic N) is 3. The summed E-state index contributed by atoms with van der Waals surface area (Å²) in [6.45, 7) is 1.90. The van der Waals surface area contributed by atoms with E-state index in [1.165, 1.54) is 12.7 Å². The molecular formula is C20H22N4O4. The van der Waals surface area contributed by atoms with Crippen LogP contribution in [-0.2, 0) is 16.0 Å². The lowest BCUT2D eigenvalue weighted by Crippen LogP contribution is -2.26. The van der Waals surface area contributed by atoms with Crippen LogP contribution in [0, 0.1) is 0 Å². The number of carbonyl (C=O) groups excluding carboxylic acids is 2. The second-order valence-electron chi connectivity index (χ2n) is 6.28. The fraction of sp³-hybridized carbons (Fsp3) is 0.300. The van der Waals surface area contributed by atoms with Crippen molar-refractivity contribution in [1.29, 1.82) is 0 Å². The molecule has 0 aliphatic rings. The second-order valence-corrected chi connectivity index (χ2v) is 6.28. The Hall–Kier alpha value is -3.42. The Bertz CT molecular complexity index is 966. The van der Waals surface area contributed by atoms with E-state index < -0.39 is 5.97 Å². The predicted octanol–water partition coefficient (Wildman–Crippen LogP) is 2.63. The summed E-state index contributed by atoms with van der Waals surface area (Å²) in [7, 11) is 1.30. The molecule has 1 aromatic heterocycles. The van der Waals surface area contributed by atoms with Crippen LogP contribution < -0.4 is 10.2 Å². The molecule has 0 fully saturated rings. The van der Waals surface area contributed by atoms with Crippen LogP contribution in [0.15, 0.2) is 42.5 Å². The zero-order valence-corrected chi connectivity index (χ0v) is 15.8. The van der Waals surface area contributed by atoms with Crippen molar-refractivity contribution in [1.82, 2.24) is 15.2 Å². The highest BCUT2D eigenvalue weighted by Gasteiger charge is 2.12. The average molecular weight is 382 g/mol. The lowest BCUT2D eigenvalue weighted by Gasteiger charge is -2.08. The second kappa shape index (κ2) is 8.98. The fourth-order valence-electron chi connectivity index (χ4n) is 2.69. The molecular weight excluding hydrogens is 360 g/mol. The van der Waals surface area contributed by atoms with E-state index in [9.17, 15) is 9.59 Å². The number of carbonyl (C=O) groups is 2. The van der Waals surface area contributed by atoms with Gasteiger partial charge in [-0.2, -0.15) is 0 Å². The number of anilines is 1. The van der Waals surface area contributed by atoms with Gasteiger partial charge in [-0.15, -0.1) is 5.10 Å². The number of ether oxygens (including phenoxy) is 1. The molecule has 3 rings (SSSR count). The first-order valence-electron chi connectivity index (χ1n) is 9.06. The topological polar surface area (TPSA) is 95.3 Å². The summed E-state index contributed by atoms with van der Waals surface area (Å²) in [5.41, 5.74) is 3.29. The summed E-state index contributed by atoms with van der Waals surface area (Å²) >= 11 is 0. The molecule has 1 heterocycles. The summed E-state index contributed by atoms with van der Waals surface area (Å²) in [6, 6.07) is 12.5. The van der Waals surface area contributed by atoms with E-state index in [4.69, 9.17) is 9.57 Å². The van der Waals surface area contributed by atoms with Crippen LogP contribution in [0.2, 0.25) is 0 Å². The number of esters is 1. The molecule has 0 atom stereocenters. The largest absolute Gasteiger partial charge is 0.465 e. The molecule has 28 heavy (non-hydrogen) atoms.